The molecule has 1 N–H and O–H groups in total. The van der Waals surface area contributed by atoms with E-state index in [9.17, 15) is 9.59 Å². The Morgan fingerprint density at radius 1 is 0.800 bits per heavy atom. The molecule has 0 saturated heterocycles. The van der Waals surface area contributed by atoms with Gasteiger partial charge in [0.05, 0.1) is 5.52 Å². The topological polar surface area (TPSA) is 51.1 Å². The SMILES string of the molecule is O=C(NCCc1cn(C(=O)c2ccc(Cl)cc2)c2ccccc12)c1ccc(Cl)cc1. The van der Waals surface area contributed by atoms with Gasteiger partial charge in [-0.05, 0) is 66.6 Å². The smallest absolute Gasteiger partial charge is 0.262 e. The number of fused-ring (bicyclic) bond motifs is 1. The normalized spacial score (nSPS) is 10.9. The minimum atomic E-state index is -0.160. The Labute approximate surface area is 184 Å². The predicted molar refractivity (Wildman–Crippen MR) is 121 cm³/mol. The number of amides is 1. The number of nitrogens with one attached hydrogen (secondary N) is 1. The molecule has 4 nitrogen and oxygen atoms in total. The number of para-hydroxylation sites is 1. The van der Waals surface area contributed by atoms with Crippen molar-refractivity contribution >= 4 is 45.9 Å². The molecule has 4 aromatic rings. The van der Waals surface area contributed by atoms with Crippen molar-refractivity contribution in [2.24, 2.45) is 0 Å². The maximum atomic E-state index is 13.0. The molecule has 150 valence electrons. The predicted octanol–water partition coefficient (Wildman–Crippen LogP) is 5.61. The number of benzene rings is 3. The summed E-state index contributed by atoms with van der Waals surface area (Å²) in [6, 6.07) is 21.3. The minimum Gasteiger partial charge on any atom is -0.352 e. The first-order valence-electron chi connectivity index (χ1n) is 9.46. The van der Waals surface area contributed by atoms with Crippen LogP contribution < -0.4 is 5.32 Å². The quantitative estimate of drug-likeness (QED) is 0.441. The highest BCUT2D eigenvalue weighted by Gasteiger charge is 2.15. The van der Waals surface area contributed by atoms with Crippen molar-refractivity contribution in [2.45, 2.75) is 6.42 Å². The highest BCUT2D eigenvalue weighted by Crippen LogP contribution is 2.23. The standard InChI is InChI=1S/C24H18Cl2N2O2/c25-19-9-5-16(6-10-19)23(29)27-14-13-18-15-28(22-4-2-1-3-21(18)22)24(30)17-7-11-20(26)12-8-17/h1-12,15H,13-14H2,(H,27,29). The third-order valence-electron chi connectivity index (χ3n) is 4.89. The van der Waals surface area contributed by atoms with E-state index in [2.05, 4.69) is 5.32 Å². The average Bonchev–Trinajstić information content (AvgIpc) is 3.13. The number of hydrogen-bond acceptors (Lipinski definition) is 2. The van der Waals surface area contributed by atoms with Gasteiger partial charge in [-0.1, -0.05) is 41.4 Å². The van der Waals surface area contributed by atoms with Crippen molar-refractivity contribution in [3.05, 3.63) is 106 Å². The average molecular weight is 437 g/mol. The van der Waals surface area contributed by atoms with Crippen LogP contribution >= 0.6 is 23.2 Å². The molecule has 1 heterocycles. The second kappa shape index (κ2) is 8.74. The molecule has 1 amide bonds. The van der Waals surface area contributed by atoms with Gasteiger partial charge in [-0.2, -0.15) is 0 Å². The van der Waals surface area contributed by atoms with E-state index in [1.165, 1.54) is 0 Å². The molecular formula is C24H18Cl2N2O2. The Balaban J connectivity index is 1.53. The molecule has 0 aliphatic carbocycles. The minimum absolute atomic E-state index is 0.126. The van der Waals surface area contributed by atoms with Crippen LogP contribution in [0.4, 0.5) is 0 Å². The van der Waals surface area contributed by atoms with Crippen LogP contribution in [0.1, 0.15) is 26.3 Å². The van der Waals surface area contributed by atoms with Gasteiger partial charge < -0.3 is 5.32 Å². The maximum Gasteiger partial charge on any atom is 0.262 e. The lowest BCUT2D eigenvalue weighted by Gasteiger charge is -2.05. The van der Waals surface area contributed by atoms with E-state index in [0.717, 1.165) is 16.5 Å². The van der Waals surface area contributed by atoms with Crippen LogP contribution in [-0.2, 0) is 6.42 Å². The molecule has 1 aromatic heterocycles. The van der Waals surface area contributed by atoms with Crippen molar-refractivity contribution < 1.29 is 9.59 Å². The van der Waals surface area contributed by atoms with Crippen LogP contribution in [0.5, 0.6) is 0 Å². The lowest BCUT2D eigenvalue weighted by molar-refractivity contribution is 0.0948. The molecule has 30 heavy (non-hydrogen) atoms. The van der Waals surface area contributed by atoms with E-state index >= 15 is 0 Å². The van der Waals surface area contributed by atoms with Crippen LogP contribution in [0.25, 0.3) is 10.9 Å². The van der Waals surface area contributed by atoms with E-state index in [4.69, 9.17) is 23.2 Å². The molecule has 0 unspecified atom stereocenters. The first kappa shape index (κ1) is 20.2. The van der Waals surface area contributed by atoms with E-state index in [0.29, 0.717) is 34.1 Å². The Hall–Kier alpha value is -3.08. The van der Waals surface area contributed by atoms with Gasteiger partial charge in [0.15, 0.2) is 0 Å². The van der Waals surface area contributed by atoms with Gasteiger partial charge in [-0.25, -0.2) is 0 Å². The Morgan fingerprint density at radius 2 is 1.40 bits per heavy atom. The molecule has 0 aliphatic rings. The number of hydrogen-bond donors (Lipinski definition) is 1. The van der Waals surface area contributed by atoms with Gasteiger partial charge in [-0.15, -0.1) is 0 Å². The summed E-state index contributed by atoms with van der Waals surface area (Å²) in [5, 5.41) is 5.08. The second-order valence-electron chi connectivity index (χ2n) is 6.87. The van der Waals surface area contributed by atoms with Crippen molar-refractivity contribution in [1.82, 2.24) is 9.88 Å². The molecule has 0 atom stereocenters. The lowest BCUT2D eigenvalue weighted by Crippen LogP contribution is -2.25. The largest absolute Gasteiger partial charge is 0.352 e. The summed E-state index contributed by atoms with van der Waals surface area (Å²) in [4.78, 5) is 25.3. The van der Waals surface area contributed by atoms with Crippen molar-refractivity contribution in [2.75, 3.05) is 6.54 Å². The Bertz CT molecular complexity index is 1210. The number of aromatic nitrogens is 1. The summed E-state index contributed by atoms with van der Waals surface area (Å²) in [5.74, 6) is -0.285. The summed E-state index contributed by atoms with van der Waals surface area (Å²) < 4.78 is 1.65. The molecule has 0 bridgehead atoms. The van der Waals surface area contributed by atoms with Crippen LogP contribution in [0, 0.1) is 0 Å². The fourth-order valence-corrected chi connectivity index (χ4v) is 3.61. The summed E-state index contributed by atoms with van der Waals surface area (Å²) in [6.07, 6.45) is 2.44. The molecule has 0 fully saturated rings. The lowest BCUT2D eigenvalue weighted by atomic mass is 10.1. The Kier molecular flexibility index (Phi) is 5.88. The number of nitrogens with zero attached hydrogens (tertiary/aromatic N) is 1. The van der Waals surface area contributed by atoms with Crippen LogP contribution in [0.15, 0.2) is 79.0 Å². The van der Waals surface area contributed by atoms with E-state index in [-0.39, 0.29) is 11.8 Å². The van der Waals surface area contributed by atoms with Gasteiger partial charge in [0.1, 0.15) is 0 Å². The number of carbonyl (C=O) groups excluding carboxylic acids is 2. The zero-order valence-electron chi connectivity index (χ0n) is 15.9. The zero-order valence-corrected chi connectivity index (χ0v) is 17.5. The summed E-state index contributed by atoms with van der Waals surface area (Å²) in [5.41, 5.74) is 2.93. The van der Waals surface area contributed by atoms with Crippen LogP contribution in [0.3, 0.4) is 0 Å². The number of rotatable bonds is 5. The molecule has 3 aromatic carbocycles. The maximum absolute atomic E-state index is 13.0. The van der Waals surface area contributed by atoms with Gasteiger partial charge >= 0.3 is 0 Å². The van der Waals surface area contributed by atoms with Crippen LogP contribution in [-0.4, -0.2) is 22.9 Å². The molecule has 0 radical (unpaired) electrons. The number of carbonyl (C=O) groups is 2. The zero-order chi connectivity index (χ0) is 21.1. The highest BCUT2D eigenvalue weighted by atomic mass is 35.5. The molecule has 0 saturated carbocycles. The molecule has 4 rings (SSSR count). The van der Waals surface area contributed by atoms with Gasteiger partial charge in [0.25, 0.3) is 11.8 Å². The first-order chi connectivity index (χ1) is 14.5. The highest BCUT2D eigenvalue weighted by molar-refractivity contribution is 6.31. The van der Waals surface area contributed by atoms with E-state index in [1.807, 2.05) is 30.5 Å². The van der Waals surface area contributed by atoms with Gasteiger partial charge in [0.2, 0.25) is 0 Å². The molecule has 0 spiro atoms. The summed E-state index contributed by atoms with van der Waals surface area (Å²) in [6.45, 7) is 0.449. The Morgan fingerprint density at radius 3 is 2.07 bits per heavy atom. The van der Waals surface area contributed by atoms with Crippen molar-refractivity contribution in [3.63, 3.8) is 0 Å². The van der Waals surface area contributed by atoms with Crippen LogP contribution in [0.2, 0.25) is 10.0 Å². The monoisotopic (exact) mass is 436 g/mol. The van der Waals surface area contributed by atoms with E-state index in [1.54, 1.807) is 53.1 Å². The first-order valence-corrected chi connectivity index (χ1v) is 10.2. The molecule has 6 heteroatoms. The summed E-state index contributed by atoms with van der Waals surface area (Å²) >= 11 is 11.8. The fraction of sp³-hybridized carbons (Fsp3) is 0.0833. The summed E-state index contributed by atoms with van der Waals surface area (Å²) in [7, 11) is 0. The molecular weight excluding hydrogens is 419 g/mol. The van der Waals surface area contributed by atoms with Crippen molar-refractivity contribution in [3.8, 4) is 0 Å². The van der Waals surface area contributed by atoms with Gasteiger partial charge in [-0.3, -0.25) is 14.2 Å². The number of halogens is 2. The fourth-order valence-electron chi connectivity index (χ4n) is 3.36. The third-order valence-corrected chi connectivity index (χ3v) is 5.39. The molecule has 0 aliphatic heterocycles. The van der Waals surface area contributed by atoms with E-state index < -0.39 is 0 Å². The van der Waals surface area contributed by atoms with Crippen molar-refractivity contribution in [1.29, 1.82) is 0 Å². The van der Waals surface area contributed by atoms with Gasteiger partial charge in [0, 0.05) is 39.3 Å². The second-order valence-corrected chi connectivity index (χ2v) is 7.74. The third kappa shape index (κ3) is 4.25.